The second kappa shape index (κ2) is 11.9. The molecule has 2 rings (SSSR count). The van der Waals surface area contributed by atoms with Gasteiger partial charge in [0.05, 0.1) is 0 Å². The Morgan fingerprint density at radius 3 is 2.09 bits per heavy atom. The fourth-order valence-corrected chi connectivity index (χ4v) is 3.99. The summed E-state index contributed by atoms with van der Waals surface area (Å²) in [5.74, 6) is -0.298. The summed E-state index contributed by atoms with van der Waals surface area (Å²) in [5, 5.41) is 3.93. The van der Waals surface area contributed by atoms with Gasteiger partial charge in [0.2, 0.25) is 11.8 Å². The lowest BCUT2D eigenvalue weighted by Gasteiger charge is -2.30. The van der Waals surface area contributed by atoms with Crippen molar-refractivity contribution in [2.75, 3.05) is 0 Å². The van der Waals surface area contributed by atoms with Crippen molar-refractivity contribution in [3.05, 3.63) is 69.2 Å². The Balaban J connectivity index is 2.20. The van der Waals surface area contributed by atoms with Crippen LogP contribution in [-0.4, -0.2) is 28.8 Å². The van der Waals surface area contributed by atoms with Crippen molar-refractivity contribution in [1.82, 2.24) is 10.2 Å². The lowest BCUT2D eigenvalue weighted by molar-refractivity contribution is -0.140. The lowest BCUT2D eigenvalue weighted by Crippen LogP contribution is -2.49. The number of nitrogens with one attached hydrogen (secondary N) is 1. The number of aryl methyl sites for hydroxylation is 1. The van der Waals surface area contributed by atoms with E-state index in [1.807, 2.05) is 13.8 Å². The molecule has 6 heteroatoms. The molecule has 0 aromatic heterocycles. The topological polar surface area (TPSA) is 49.4 Å². The summed E-state index contributed by atoms with van der Waals surface area (Å²) in [4.78, 5) is 27.8. The van der Waals surface area contributed by atoms with Crippen molar-refractivity contribution < 1.29 is 9.59 Å². The molecule has 0 aliphatic heterocycles. The smallest absolute Gasteiger partial charge is 0.242 e. The summed E-state index contributed by atoms with van der Waals surface area (Å²) in [6.07, 6.45) is 1.70. The average Bonchev–Trinajstić information content (AvgIpc) is 2.76. The first-order chi connectivity index (χ1) is 15.4. The summed E-state index contributed by atoms with van der Waals surface area (Å²) in [7, 11) is 0. The highest BCUT2D eigenvalue weighted by atomic mass is 35.5. The molecule has 2 atom stereocenters. The zero-order valence-electron chi connectivity index (χ0n) is 20.5. The number of amides is 2. The summed E-state index contributed by atoms with van der Waals surface area (Å²) in [6.45, 7) is 12.4. The Kier molecular flexibility index (Phi) is 9.81. The Morgan fingerprint density at radius 1 is 1.00 bits per heavy atom. The van der Waals surface area contributed by atoms with Gasteiger partial charge in [0.25, 0.3) is 0 Å². The third-order valence-electron chi connectivity index (χ3n) is 6.01. The van der Waals surface area contributed by atoms with E-state index in [-0.39, 0.29) is 36.2 Å². The van der Waals surface area contributed by atoms with Gasteiger partial charge in [-0.3, -0.25) is 9.59 Å². The maximum Gasteiger partial charge on any atom is 0.242 e. The highest BCUT2D eigenvalue weighted by molar-refractivity contribution is 6.36. The van der Waals surface area contributed by atoms with Gasteiger partial charge in [-0.1, -0.05) is 81.2 Å². The minimum atomic E-state index is -0.651. The van der Waals surface area contributed by atoms with Crippen molar-refractivity contribution in [3.63, 3.8) is 0 Å². The van der Waals surface area contributed by atoms with Crippen LogP contribution in [-0.2, 0) is 28.0 Å². The average molecular weight is 492 g/mol. The Hall–Kier alpha value is -2.04. The molecule has 0 fully saturated rings. The van der Waals surface area contributed by atoms with E-state index in [0.717, 1.165) is 12.0 Å². The fourth-order valence-electron chi connectivity index (χ4n) is 3.47. The van der Waals surface area contributed by atoms with E-state index in [1.165, 1.54) is 5.56 Å². The van der Waals surface area contributed by atoms with E-state index in [4.69, 9.17) is 23.2 Å². The van der Waals surface area contributed by atoms with Gasteiger partial charge in [-0.25, -0.2) is 0 Å². The highest BCUT2D eigenvalue weighted by Gasteiger charge is 2.28. The molecule has 180 valence electrons. The van der Waals surface area contributed by atoms with Gasteiger partial charge >= 0.3 is 0 Å². The van der Waals surface area contributed by atoms with E-state index in [0.29, 0.717) is 22.0 Å². The fraction of sp³-hybridized carbons (Fsp3) is 0.481. The number of hydrogen-bond acceptors (Lipinski definition) is 2. The molecule has 2 aromatic carbocycles. The van der Waals surface area contributed by atoms with Crippen LogP contribution in [0.5, 0.6) is 0 Å². The second-order valence-electron chi connectivity index (χ2n) is 9.66. The van der Waals surface area contributed by atoms with Crippen molar-refractivity contribution in [2.45, 2.75) is 84.8 Å². The van der Waals surface area contributed by atoms with E-state index in [9.17, 15) is 9.59 Å². The third-order valence-corrected chi connectivity index (χ3v) is 6.71. The number of nitrogens with zero attached hydrogens (tertiary/aromatic N) is 1. The molecule has 0 aliphatic carbocycles. The van der Waals surface area contributed by atoms with Crippen molar-refractivity contribution in [2.24, 2.45) is 0 Å². The van der Waals surface area contributed by atoms with Gasteiger partial charge in [0.1, 0.15) is 6.04 Å². The predicted octanol–water partition coefficient (Wildman–Crippen LogP) is 6.56. The standard InChI is InChI=1S/C27H36Cl2N2O2/c1-7-18(2)30-26(33)19(3)31(17-22-23(28)9-8-10-24(22)29)25(32)16-13-20-11-14-21(15-12-20)27(4,5)6/h8-12,14-15,18-19H,7,13,16-17H2,1-6H3,(H,30,33)/t18-,19+/m0/s1. The molecule has 0 unspecified atom stereocenters. The van der Waals surface area contributed by atoms with Crippen molar-refractivity contribution in [3.8, 4) is 0 Å². The van der Waals surface area contributed by atoms with Crippen LogP contribution in [0.1, 0.15) is 71.1 Å². The highest BCUT2D eigenvalue weighted by Crippen LogP contribution is 2.27. The Bertz CT molecular complexity index is 931. The first kappa shape index (κ1) is 27.2. The molecule has 0 spiro atoms. The minimum Gasteiger partial charge on any atom is -0.352 e. The molecule has 0 saturated heterocycles. The van der Waals surface area contributed by atoms with Crippen LogP contribution >= 0.6 is 23.2 Å². The van der Waals surface area contributed by atoms with Crippen LogP contribution in [0.2, 0.25) is 10.0 Å². The number of carbonyl (C=O) groups excluding carboxylic acids is 2. The second-order valence-corrected chi connectivity index (χ2v) is 10.5. The SMILES string of the molecule is CC[C@H](C)NC(=O)[C@@H](C)N(Cc1c(Cl)cccc1Cl)C(=O)CCc1ccc(C(C)(C)C)cc1. The Morgan fingerprint density at radius 2 is 1.58 bits per heavy atom. The first-order valence-corrected chi connectivity index (χ1v) is 12.3. The number of rotatable bonds is 9. The zero-order chi connectivity index (χ0) is 24.8. The van der Waals surface area contributed by atoms with E-state index in [2.05, 4.69) is 50.4 Å². The molecule has 0 aliphatic rings. The van der Waals surface area contributed by atoms with Crippen molar-refractivity contribution >= 4 is 35.0 Å². The number of halogens is 2. The van der Waals surface area contributed by atoms with Crippen molar-refractivity contribution in [1.29, 1.82) is 0 Å². The summed E-state index contributed by atoms with van der Waals surface area (Å²) >= 11 is 12.7. The van der Waals surface area contributed by atoms with Crippen LogP contribution in [0.15, 0.2) is 42.5 Å². The molecule has 2 amide bonds. The maximum absolute atomic E-state index is 13.3. The molecule has 4 nitrogen and oxygen atoms in total. The van der Waals surface area contributed by atoms with Gasteiger partial charge in [0.15, 0.2) is 0 Å². The van der Waals surface area contributed by atoms with Gasteiger partial charge in [-0.2, -0.15) is 0 Å². The zero-order valence-corrected chi connectivity index (χ0v) is 22.1. The van der Waals surface area contributed by atoms with Crippen LogP contribution in [0.4, 0.5) is 0 Å². The van der Waals surface area contributed by atoms with E-state index >= 15 is 0 Å². The summed E-state index contributed by atoms with van der Waals surface area (Å²) in [5.41, 5.74) is 3.07. The monoisotopic (exact) mass is 490 g/mol. The van der Waals surface area contributed by atoms with Crippen LogP contribution in [0.3, 0.4) is 0 Å². The number of carbonyl (C=O) groups is 2. The summed E-state index contributed by atoms with van der Waals surface area (Å²) in [6, 6.07) is 13.0. The summed E-state index contributed by atoms with van der Waals surface area (Å²) < 4.78 is 0. The predicted molar refractivity (Wildman–Crippen MR) is 138 cm³/mol. The molecule has 2 aromatic rings. The molecule has 1 N–H and O–H groups in total. The molecule has 0 bridgehead atoms. The van der Waals surface area contributed by atoms with Gasteiger partial charge < -0.3 is 10.2 Å². The normalized spacial score (nSPS) is 13.3. The van der Waals surface area contributed by atoms with E-state index in [1.54, 1.807) is 30.0 Å². The largest absolute Gasteiger partial charge is 0.352 e. The molecule has 33 heavy (non-hydrogen) atoms. The number of hydrogen-bond donors (Lipinski definition) is 1. The van der Waals surface area contributed by atoms with Gasteiger partial charge in [0, 0.05) is 34.6 Å². The maximum atomic E-state index is 13.3. The molecule has 0 radical (unpaired) electrons. The molecule has 0 saturated carbocycles. The van der Waals surface area contributed by atoms with E-state index < -0.39 is 6.04 Å². The first-order valence-electron chi connectivity index (χ1n) is 11.6. The minimum absolute atomic E-state index is 0.0298. The van der Waals surface area contributed by atoms with Crippen LogP contribution in [0, 0.1) is 0 Å². The molecular weight excluding hydrogens is 455 g/mol. The third kappa shape index (κ3) is 7.75. The molecule has 0 heterocycles. The number of benzene rings is 2. The van der Waals surface area contributed by atoms with Crippen LogP contribution < -0.4 is 5.32 Å². The Labute approximate surface area is 208 Å². The van der Waals surface area contributed by atoms with Crippen LogP contribution in [0.25, 0.3) is 0 Å². The molecular formula is C27H36Cl2N2O2. The quantitative estimate of drug-likeness (QED) is 0.432. The van der Waals surface area contributed by atoms with Gasteiger partial charge in [-0.15, -0.1) is 0 Å². The lowest BCUT2D eigenvalue weighted by atomic mass is 9.86. The van der Waals surface area contributed by atoms with Gasteiger partial charge in [-0.05, 0) is 55.4 Å².